The van der Waals surface area contributed by atoms with Crippen LogP contribution < -0.4 is 11.4 Å². The van der Waals surface area contributed by atoms with E-state index in [2.05, 4.69) is 4.98 Å². The summed E-state index contributed by atoms with van der Waals surface area (Å²) in [7, 11) is 0. The van der Waals surface area contributed by atoms with Gasteiger partial charge >= 0.3 is 5.69 Å². The summed E-state index contributed by atoms with van der Waals surface area (Å²) in [5.41, 5.74) is 4.43. The van der Waals surface area contributed by atoms with E-state index < -0.39 is 34.1 Å². The molecule has 1 saturated heterocycles. The van der Waals surface area contributed by atoms with Crippen molar-refractivity contribution in [1.82, 2.24) is 9.55 Å². The molecular formula is C9H11F2N3O2S. The van der Waals surface area contributed by atoms with E-state index in [0.29, 0.717) is 0 Å². The topological polar surface area (TPSA) is 81.1 Å². The van der Waals surface area contributed by atoms with E-state index in [1.807, 2.05) is 0 Å². The zero-order valence-corrected chi connectivity index (χ0v) is 9.53. The van der Waals surface area contributed by atoms with E-state index >= 15 is 0 Å². The zero-order valence-electron chi connectivity index (χ0n) is 8.72. The van der Waals surface area contributed by atoms with Crippen LogP contribution in [-0.4, -0.2) is 32.7 Å². The molecule has 0 aromatic carbocycles. The maximum Gasteiger partial charge on any atom is 0.350 e. The fourth-order valence-electron chi connectivity index (χ4n) is 1.69. The lowest BCUT2D eigenvalue weighted by atomic mass is 10.2. The number of aromatic nitrogens is 2. The normalized spacial score (nSPS) is 28.5. The van der Waals surface area contributed by atoms with Crippen LogP contribution in [0.5, 0.6) is 0 Å². The molecule has 17 heavy (non-hydrogen) atoms. The number of nitrogen functional groups attached to an aromatic ring is 1. The minimum Gasteiger partial charge on any atom is -0.395 e. The molecule has 1 aliphatic rings. The average molecular weight is 263 g/mol. The molecule has 0 unspecified atom stereocenters. The lowest BCUT2D eigenvalue weighted by Crippen LogP contribution is -2.26. The van der Waals surface area contributed by atoms with Gasteiger partial charge in [0.2, 0.25) is 0 Å². The monoisotopic (exact) mass is 263 g/mol. The number of thioether (sulfide) groups is 1. The highest BCUT2D eigenvalue weighted by Crippen LogP contribution is 2.42. The Morgan fingerprint density at radius 1 is 1.71 bits per heavy atom. The molecule has 94 valence electrons. The van der Waals surface area contributed by atoms with Gasteiger partial charge in [0.05, 0.1) is 17.2 Å². The number of halogens is 2. The van der Waals surface area contributed by atoms with Crippen molar-refractivity contribution in [1.29, 1.82) is 0 Å². The molecule has 5 nitrogen and oxygen atoms in total. The first-order valence-electron chi connectivity index (χ1n) is 4.97. The Hall–Kier alpha value is -1.15. The summed E-state index contributed by atoms with van der Waals surface area (Å²) in [4.78, 5) is 14.8. The third-order valence-electron chi connectivity index (χ3n) is 2.59. The number of alkyl halides is 1. The molecule has 0 saturated carbocycles. The standard InChI is InChI=1S/C9H11F2N3O2S/c10-4-1-7(17-6(4)3-15)14-2-5(11)8(12)13-9(14)16/h2,4,6-7,15H,1,3H2,(H2,12,13,16)/t4-,6+,7+/m0/s1. The highest BCUT2D eigenvalue weighted by atomic mass is 32.2. The first-order valence-corrected chi connectivity index (χ1v) is 5.91. The van der Waals surface area contributed by atoms with Crippen LogP contribution in [0.1, 0.15) is 11.8 Å². The predicted molar refractivity (Wildman–Crippen MR) is 59.9 cm³/mol. The van der Waals surface area contributed by atoms with Crippen molar-refractivity contribution in [3.63, 3.8) is 0 Å². The third kappa shape index (κ3) is 2.27. The Kier molecular flexibility index (Phi) is 3.34. The molecular weight excluding hydrogens is 252 g/mol. The highest BCUT2D eigenvalue weighted by molar-refractivity contribution is 8.00. The van der Waals surface area contributed by atoms with Gasteiger partial charge in [-0.1, -0.05) is 0 Å². The van der Waals surface area contributed by atoms with Gasteiger partial charge < -0.3 is 10.8 Å². The van der Waals surface area contributed by atoms with E-state index in [1.165, 1.54) is 0 Å². The van der Waals surface area contributed by atoms with Crippen molar-refractivity contribution < 1.29 is 13.9 Å². The van der Waals surface area contributed by atoms with Crippen LogP contribution in [-0.2, 0) is 0 Å². The molecule has 3 atom stereocenters. The van der Waals surface area contributed by atoms with Gasteiger partial charge in [0, 0.05) is 12.6 Å². The summed E-state index contributed by atoms with van der Waals surface area (Å²) < 4.78 is 27.6. The maximum atomic E-state index is 13.4. The average Bonchev–Trinajstić information content (AvgIpc) is 2.65. The van der Waals surface area contributed by atoms with Crippen molar-refractivity contribution in [3.05, 3.63) is 22.5 Å². The molecule has 0 radical (unpaired) electrons. The van der Waals surface area contributed by atoms with Gasteiger partial charge in [0.1, 0.15) is 6.17 Å². The van der Waals surface area contributed by atoms with E-state index in [4.69, 9.17) is 10.8 Å². The summed E-state index contributed by atoms with van der Waals surface area (Å²) in [6.45, 7) is -0.317. The Balaban J connectivity index is 2.30. The molecule has 0 bridgehead atoms. The van der Waals surface area contributed by atoms with Crippen LogP contribution >= 0.6 is 11.8 Å². The number of aliphatic hydroxyl groups is 1. The SMILES string of the molecule is Nc1nc(=O)n([C@H]2C[C@H](F)[C@@H](CO)S2)cc1F. The van der Waals surface area contributed by atoms with Crippen LogP contribution in [0, 0.1) is 5.82 Å². The van der Waals surface area contributed by atoms with Gasteiger partial charge in [-0.25, -0.2) is 13.6 Å². The third-order valence-corrected chi connectivity index (χ3v) is 4.11. The van der Waals surface area contributed by atoms with E-state index in [0.717, 1.165) is 22.5 Å². The predicted octanol–water partition coefficient (Wildman–Crippen LogP) is 0.299. The number of anilines is 1. The molecule has 1 fully saturated rings. The molecule has 1 aromatic heterocycles. The second-order valence-corrected chi connectivity index (χ2v) is 5.15. The maximum absolute atomic E-state index is 13.4. The van der Waals surface area contributed by atoms with Gasteiger partial charge in [0.25, 0.3) is 0 Å². The van der Waals surface area contributed by atoms with E-state index in [1.54, 1.807) is 0 Å². The Labute approximate surface area is 99.6 Å². The number of hydrogen-bond donors (Lipinski definition) is 2. The lowest BCUT2D eigenvalue weighted by molar-refractivity contribution is 0.227. The van der Waals surface area contributed by atoms with Gasteiger partial charge in [-0.2, -0.15) is 4.98 Å². The van der Waals surface area contributed by atoms with Gasteiger partial charge in [-0.3, -0.25) is 4.57 Å². The molecule has 2 rings (SSSR count). The molecule has 0 amide bonds. The van der Waals surface area contributed by atoms with Crippen LogP contribution in [0.2, 0.25) is 0 Å². The Morgan fingerprint density at radius 2 is 2.41 bits per heavy atom. The van der Waals surface area contributed by atoms with Crippen molar-refractivity contribution in [2.75, 3.05) is 12.3 Å². The summed E-state index contributed by atoms with van der Waals surface area (Å²) >= 11 is 1.09. The lowest BCUT2D eigenvalue weighted by Gasteiger charge is -2.12. The van der Waals surface area contributed by atoms with Gasteiger partial charge in [-0.15, -0.1) is 11.8 Å². The molecule has 1 aromatic rings. The van der Waals surface area contributed by atoms with Crippen LogP contribution in [0.3, 0.4) is 0 Å². The molecule has 1 aliphatic heterocycles. The minimum absolute atomic E-state index is 0.0425. The Bertz CT molecular complexity index is 482. The van der Waals surface area contributed by atoms with Gasteiger partial charge in [0.15, 0.2) is 11.6 Å². The van der Waals surface area contributed by atoms with E-state index in [-0.39, 0.29) is 13.0 Å². The van der Waals surface area contributed by atoms with Crippen LogP contribution in [0.25, 0.3) is 0 Å². The second kappa shape index (κ2) is 4.61. The van der Waals surface area contributed by atoms with Crippen LogP contribution in [0.4, 0.5) is 14.6 Å². The quantitative estimate of drug-likeness (QED) is 0.802. The molecule has 0 spiro atoms. The summed E-state index contributed by atoms with van der Waals surface area (Å²) in [6.07, 6.45) is -0.252. The molecule has 2 heterocycles. The van der Waals surface area contributed by atoms with Crippen molar-refractivity contribution in [2.24, 2.45) is 0 Å². The largest absolute Gasteiger partial charge is 0.395 e. The first-order chi connectivity index (χ1) is 8.02. The number of hydrogen-bond acceptors (Lipinski definition) is 5. The fraction of sp³-hybridized carbons (Fsp3) is 0.556. The van der Waals surface area contributed by atoms with Crippen LogP contribution in [0.15, 0.2) is 11.0 Å². The van der Waals surface area contributed by atoms with Crippen molar-refractivity contribution in [2.45, 2.75) is 23.2 Å². The molecule has 8 heteroatoms. The number of rotatable bonds is 2. The minimum atomic E-state index is -1.22. The number of nitrogens with zero attached hydrogens (tertiary/aromatic N) is 2. The molecule has 3 N–H and O–H groups in total. The molecule has 0 aliphatic carbocycles. The smallest absolute Gasteiger partial charge is 0.350 e. The Morgan fingerprint density at radius 3 is 3.00 bits per heavy atom. The van der Waals surface area contributed by atoms with Crippen molar-refractivity contribution >= 4 is 17.6 Å². The number of aliphatic hydroxyl groups excluding tert-OH is 1. The summed E-state index contributed by atoms with van der Waals surface area (Å²) in [5, 5.41) is 7.76. The zero-order chi connectivity index (χ0) is 12.6. The van der Waals surface area contributed by atoms with E-state index in [9.17, 15) is 13.6 Å². The first kappa shape index (κ1) is 12.3. The summed E-state index contributed by atoms with van der Waals surface area (Å²) in [6, 6.07) is 0. The van der Waals surface area contributed by atoms with Crippen molar-refractivity contribution in [3.8, 4) is 0 Å². The fourth-order valence-corrected chi connectivity index (χ4v) is 3.04. The summed E-state index contributed by atoms with van der Waals surface area (Å²) in [5.74, 6) is -1.28. The second-order valence-electron chi connectivity index (χ2n) is 3.73. The highest BCUT2D eigenvalue weighted by Gasteiger charge is 2.36. The number of nitrogens with two attached hydrogens (primary N) is 1. The van der Waals surface area contributed by atoms with Gasteiger partial charge in [-0.05, 0) is 0 Å².